The summed E-state index contributed by atoms with van der Waals surface area (Å²) in [6.07, 6.45) is 1.52. The molecular formula is C29H24BF2NO2. The smallest absolute Gasteiger partial charge is 0.569 e. The fourth-order valence-electron chi connectivity index (χ4n) is 4.05. The van der Waals surface area contributed by atoms with E-state index in [-0.39, 0.29) is 11.5 Å². The number of halogens is 2. The normalized spacial score (nSPS) is 14.5. The SMILES string of the molecule is Cc1ccc(N(c2ccc(C)cc2)c2cccc(C3=[O+][B-](F)(F)OC(c4ccccc4)=C3)c2)cc1. The lowest BCUT2D eigenvalue weighted by molar-refractivity contribution is -0.183. The standard InChI is InChI=1S/C29H24BF2NO2/c1-21-11-15-25(16-12-21)33(26-17-13-22(2)14-18-26)27-10-6-9-24(19-27)29-20-28(34-30(31,32)35-29)23-7-4-3-5-8-23/h3-20H,1-2H3. The van der Waals surface area contributed by atoms with Crippen LogP contribution in [0.15, 0.2) is 109 Å². The summed E-state index contributed by atoms with van der Waals surface area (Å²) in [5.74, 6) is 0.144. The summed E-state index contributed by atoms with van der Waals surface area (Å²) in [4.78, 5) is 2.09. The van der Waals surface area contributed by atoms with Gasteiger partial charge in [-0.2, -0.15) is 0 Å². The zero-order chi connectivity index (χ0) is 24.4. The molecule has 0 radical (unpaired) electrons. The first-order chi connectivity index (χ1) is 16.9. The summed E-state index contributed by atoms with van der Waals surface area (Å²) in [5.41, 5.74) is 6.15. The highest BCUT2D eigenvalue weighted by atomic mass is 19.3. The van der Waals surface area contributed by atoms with Crippen LogP contribution in [0.4, 0.5) is 25.7 Å². The monoisotopic (exact) mass is 467 g/mol. The van der Waals surface area contributed by atoms with Crippen molar-refractivity contribution in [2.24, 2.45) is 0 Å². The molecule has 0 fully saturated rings. The average Bonchev–Trinajstić information content (AvgIpc) is 2.86. The van der Waals surface area contributed by atoms with Crippen LogP contribution in [-0.2, 0) is 4.65 Å². The van der Waals surface area contributed by atoms with Crippen molar-refractivity contribution in [3.63, 3.8) is 0 Å². The van der Waals surface area contributed by atoms with Crippen molar-refractivity contribution in [1.82, 2.24) is 0 Å². The van der Waals surface area contributed by atoms with Crippen LogP contribution in [0.5, 0.6) is 0 Å². The van der Waals surface area contributed by atoms with E-state index in [9.17, 15) is 8.63 Å². The van der Waals surface area contributed by atoms with Gasteiger partial charge >= 0.3 is 7.11 Å². The summed E-state index contributed by atoms with van der Waals surface area (Å²) in [5, 5.41) is 0. The first kappa shape index (κ1) is 22.6. The molecule has 0 amide bonds. The third-order valence-electron chi connectivity index (χ3n) is 5.82. The number of carbonyl (C=O) groups excluding carboxylic acids is 1. The predicted molar refractivity (Wildman–Crippen MR) is 138 cm³/mol. The van der Waals surface area contributed by atoms with E-state index in [2.05, 4.69) is 29.2 Å². The zero-order valence-electron chi connectivity index (χ0n) is 19.5. The van der Waals surface area contributed by atoms with Gasteiger partial charge in [-0.3, -0.25) is 0 Å². The van der Waals surface area contributed by atoms with E-state index >= 15 is 0 Å². The maximum absolute atomic E-state index is 14.5. The molecule has 0 aromatic heterocycles. The molecule has 0 saturated carbocycles. The minimum absolute atomic E-state index is 0.0646. The lowest BCUT2D eigenvalue weighted by Gasteiger charge is -2.26. The molecule has 3 nitrogen and oxygen atoms in total. The van der Waals surface area contributed by atoms with Gasteiger partial charge in [0.05, 0.1) is 17.4 Å². The van der Waals surface area contributed by atoms with Crippen molar-refractivity contribution in [1.29, 1.82) is 0 Å². The molecule has 0 saturated heterocycles. The third-order valence-corrected chi connectivity index (χ3v) is 5.82. The maximum Gasteiger partial charge on any atom is 0.995 e. The Morgan fingerprint density at radius 3 is 1.83 bits per heavy atom. The molecule has 0 bridgehead atoms. The molecule has 4 aromatic carbocycles. The van der Waals surface area contributed by atoms with Crippen LogP contribution in [0.3, 0.4) is 0 Å². The van der Waals surface area contributed by atoms with Crippen molar-refractivity contribution in [2.75, 3.05) is 4.90 Å². The predicted octanol–water partition coefficient (Wildman–Crippen LogP) is 7.94. The molecule has 1 aliphatic heterocycles. The number of nitrogens with zero attached hydrogens (tertiary/aromatic N) is 1. The number of benzene rings is 4. The van der Waals surface area contributed by atoms with Gasteiger partial charge in [0.1, 0.15) is 0 Å². The Labute approximate surface area is 203 Å². The number of ketones is 1. The Balaban J connectivity index is 1.60. The van der Waals surface area contributed by atoms with Gasteiger partial charge in [-0.1, -0.05) is 71.8 Å². The van der Waals surface area contributed by atoms with Gasteiger partial charge in [-0.25, -0.2) is 0 Å². The quantitative estimate of drug-likeness (QED) is 0.220. The second kappa shape index (κ2) is 9.22. The Morgan fingerprint density at radius 1 is 0.657 bits per heavy atom. The Morgan fingerprint density at radius 2 is 1.23 bits per heavy atom. The molecule has 6 heteroatoms. The summed E-state index contributed by atoms with van der Waals surface area (Å²) < 4.78 is 38.9. The molecule has 4 aromatic rings. The molecule has 1 heterocycles. The van der Waals surface area contributed by atoms with Crippen molar-refractivity contribution in [3.8, 4) is 0 Å². The number of aryl methyl sites for hydroxylation is 2. The average molecular weight is 467 g/mol. The van der Waals surface area contributed by atoms with E-state index in [4.69, 9.17) is 9.00 Å². The van der Waals surface area contributed by atoms with Crippen LogP contribution >= 0.6 is 0 Å². The van der Waals surface area contributed by atoms with Crippen LogP contribution in [0.2, 0.25) is 0 Å². The van der Waals surface area contributed by atoms with Crippen LogP contribution < -0.4 is 4.90 Å². The van der Waals surface area contributed by atoms with Gasteiger partial charge in [-0.15, -0.1) is 0 Å². The van der Waals surface area contributed by atoms with Crippen LogP contribution in [0, 0.1) is 13.8 Å². The lowest BCUT2D eigenvalue weighted by Crippen LogP contribution is -2.31. The van der Waals surface area contributed by atoms with Crippen molar-refractivity contribution >= 4 is 35.7 Å². The van der Waals surface area contributed by atoms with E-state index in [1.807, 2.05) is 62.4 Å². The summed E-state index contributed by atoms with van der Waals surface area (Å²) in [7, 11) is -4.50. The van der Waals surface area contributed by atoms with E-state index in [0.717, 1.165) is 28.2 Å². The van der Waals surface area contributed by atoms with Crippen LogP contribution in [-0.4, -0.2) is 12.9 Å². The van der Waals surface area contributed by atoms with Gasteiger partial charge < -0.3 is 22.5 Å². The van der Waals surface area contributed by atoms with Gasteiger partial charge in [0.2, 0.25) is 0 Å². The Kier molecular flexibility index (Phi) is 5.95. The summed E-state index contributed by atoms with van der Waals surface area (Å²) >= 11 is 0. The lowest BCUT2D eigenvalue weighted by atomic mass is 10.0. The molecule has 0 spiro atoms. The van der Waals surface area contributed by atoms with Crippen molar-refractivity contribution in [2.45, 2.75) is 13.8 Å². The second-order valence-corrected chi connectivity index (χ2v) is 8.57. The van der Waals surface area contributed by atoms with Gasteiger partial charge in [0.15, 0.2) is 0 Å². The molecule has 1 aliphatic rings. The van der Waals surface area contributed by atoms with E-state index in [1.54, 1.807) is 30.3 Å². The van der Waals surface area contributed by atoms with Gasteiger partial charge in [-0.05, 0) is 56.3 Å². The highest BCUT2D eigenvalue weighted by Gasteiger charge is 2.53. The highest BCUT2D eigenvalue weighted by molar-refractivity contribution is 6.52. The molecule has 174 valence electrons. The second-order valence-electron chi connectivity index (χ2n) is 8.57. The topological polar surface area (TPSA) is 23.8 Å². The minimum Gasteiger partial charge on any atom is -0.569 e. The molecule has 0 unspecified atom stereocenters. The third kappa shape index (κ3) is 5.02. The van der Waals surface area contributed by atoms with E-state index in [1.165, 1.54) is 6.08 Å². The largest absolute Gasteiger partial charge is 0.995 e. The first-order valence-electron chi connectivity index (χ1n) is 11.4. The molecular weight excluding hydrogens is 443 g/mol. The van der Waals surface area contributed by atoms with Crippen molar-refractivity contribution in [3.05, 3.63) is 131 Å². The fourth-order valence-corrected chi connectivity index (χ4v) is 4.05. The van der Waals surface area contributed by atoms with Crippen LogP contribution in [0.1, 0.15) is 26.6 Å². The molecule has 5 rings (SSSR count). The van der Waals surface area contributed by atoms with Gasteiger partial charge in [0, 0.05) is 22.6 Å². The number of hydrogen-bond donors (Lipinski definition) is 0. The highest BCUT2D eigenvalue weighted by Crippen LogP contribution is 2.36. The van der Waals surface area contributed by atoms with Gasteiger partial charge in [0.25, 0.3) is 5.78 Å². The summed E-state index contributed by atoms with van der Waals surface area (Å²) in [6, 6.07) is 32.6. The molecule has 0 atom stereocenters. The number of anilines is 3. The van der Waals surface area contributed by atoms with Crippen LogP contribution in [0.25, 0.3) is 5.76 Å². The number of allylic oxidation sites excluding steroid dienone is 1. The Bertz CT molecular complexity index is 1350. The first-order valence-corrected chi connectivity index (χ1v) is 11.4. The molecule has 0 N–H and O–H groups in total. The Hall–Kier alpha value is -4.19. The maximum atomic E-state index is 14.5. The van der Waals surface area contributed by atoms with Crippen molar-refractivity contribution < 1.29 is 17.6 Å². The molecule has 35 heavy (non-hydrogen) atoms. The number of hydrogen-bond acceptors (Lipinski definition) is 2. The fraction of sp³-hybridized carbons (Fsp3) is 0.0690. The molecule has 0 aliphatic carbocycles. The van der Waals surface area contributed by atoms with E-state index < -0.39 is 7.11 Å². The minimum atomic E-state index is -4.50. The number of rotatable bonds is 5. The summed E-state index contributed by atoms with van der Waals surface area (Å²) in [6.45, 7) is 4.08. The zero-order valence-corrected chi connectivity index (χ0v) is 19.5. The van der Waals surface area contributed by atoms with E-state index in [0.29, 0.717) is 11.1 Å².